The fourth-order valence-corrected chi connectivity index (χ4v) is 7.53. The van der Waals surface area contributed by atoms with Gasteiger partial charge in [0.2, 0.25) is 0 Å². The third-order valence-corrected chi connectivity index (χ3v) is 9.22. The largest absolute Gasteiger partial charge is 0.481 e. The summed E-state index contributed by atoms with van der Waals surface area (Å²) in [4.78, 5) is 23.6. The number of carboxylic acids is 1. The minimum absolute atomic E-state index is 0.0107. The van der Waals surface area contributed by atoms with E-state index in [0.717, 1.165) is 50.5 Å². The van der Waals surface area contributed by atoms with Crippen molar-refractivity contribution in [1.82, 2.24) is 0 Å². The molecular weight excluding hydrogens is 328 g/mol. The molecule has 7 atom stereocenters. The molecule has 4 rings (SSSR count). The molecule has 0 heterocycles. The number of hydrogen-bond acceptors (Lipinski definition) is 3. The molecule has 0 aliphatic heterocycles. The average molecular weight is 360 g/mol. The summed E-state index contributed by atoms with van der Waals surface area (Å²) in [6, 6.07) is 0. The Bertz CT molecular complexity index is 682. The highest BCUT2D eigenvalue weighted by Gasteiger charge is 2.66. The number of fused-ring (bicyclic) bond motifs is 5. The van der Waals surface area contributed by atoms with Crippen molar-refractivity contribution in [2.24, 2.45) is 34.5 Å². The summed E-state index contributed by atoms with van der Waals surface area (Å²) in [7, 11) is 0. The highest BCUT2D eigenvalue weighted by atomic mass is 16.4. The first kappa shape index (κ1) is 18.2. The van der Waals surface area contributed by atoms with E-state index in [-0.39, 0.29) is 34.4 Å². The summed E-state index contributed by atoms with van der Waals surface area (Å²) in [6.45, 7) is 6.32. The summed E-state index contributed by atoms with van der Waals surface area (Å²) >= 11 is 0. The maximum absolute atomic E-state index is 12.0. The van der Waals surface area contributed by atoms with Crippen LogP contribution in [0.2, 0.25) is 0 Å². The van der Waals surface area contributed by atoms with Gasteiger partial charge in [0.25, 0.3) is 0 Å². The number of hydrogen-bond donors (Lipinski definition) is 2. The van der Waals surface area contributed by atoms with Crippen molar-refractivity contribution in [3.8, 4) is 0 Å². The Morgan fingerprint density at radius 1 is 1.12 bits per heavy atom. The minimum Gasteiger partial charge on any atom is -0.481 e. The van der Waals surface area contributed by atoms with Crippen molar-refractivity contribution < 1.29 is 19.8 Å². The lowest BCUT2D eigenvalue weighted by Crippen LogP contribution is -2.63. The predicted molar refractivity (Wildman–Crippen MR) is 98.5 cm³/mol. The van der Waals surface area contributed by atoms with E-state index in [9.17, 15) is 19.8 Å². The van der Waals surface area contributed by atoms with E-state index in [1.165, 1.54) is 0 Å². The summed E-state index contributed by atoms with van der Waals surface area (Å²) in [5.41, 5.74) is 0.131. The van der Waals surface area contributed by atoms with Crippen molar-refractivity contribution in [3.05, 3.63) is 11.6 Å². The van der Waals surface area contributed by atoms with Crippen LogP contribution < -0.4 is 0 Å². The summed E-state index contributed by atoms with van der Waals surface area (Å²) < 4.78 is 0. The first-order chi connectivity index (χ1) is 12.1. The maximum atomic E-state index is 12.0. The zero-order valence-electron chi connectivity index (χ0n) is 16.3. The van der Waals surface area contributed by atoms with Crippen LogP contribution in [0.3, 0.4) is 0 Å². The standard InChI is InChI=1S/C22H32O4/c1-13(19(24)25)16-6-7-17-18-5-4-14-12-15(23)8-9-21(14,3)22(18,26)11-10-20(16,17)2/h12-13,16-18,26H,4-11H2,1-3H3,(H,24,25)/t13-,16+,17?,18?,20+,21-,22+/m0/s1. The van der Waals surface area contributed by atoms with Crippen LogP contribution in [0.1, 0.15) is 72.1 Å². The van der Waals surface area contributed by atoms with Gasteiger partial charge in [-0.3, -0.25) is 9.59 Å². The first-order valence-electron chi connectivity index (χ1n) is 10.3. The molecule has 4 heteroatoms. The molecule has 144 valence electrons. The second-order valence-electron chi connectivity index (χ2n) is 9.96. The van der Waals surface area contributed by atoms with Crippen LogP contribution in [-0.4, -0.2) is 27.6 Å². The van der Waals surface area contributed by atoms with Gasteiger partial charge < -0.3 is 10.2 Å². The molecule has 4 aliphatic rings. The lowest BCUT2D eigenvalue weighted by atomic mass is 9.44. The van der Waals surface area contributed by atoms with Crippen molar-refractivity contribution in [2.45, 2.75) is 77.7 Å². The molecule has 2 N–H and O–H groups in total. The van der Waals surface area contributed by atoms with Crippen molar-refractivity contribution in [3.63, 3.8) is 0 Å². The van der Waals surface area contributed by atoms with Crippen LogP contribution >= 0.6 is 0 Å². The van der Waals surface area contributed by atoms with Crippen LogP contribution in [0.25, 0.3) is 0 Å². The van der Waals surface area contributed by atoms with Gasteiger partial charge in [0.15, 0.2) is 5.78 Å². The predicted octanol–water partition coefficient (Wildman–Crippen LogP) is 3.97. The Hall–Kier alpha value is -1.16. The Morgan fingerprint density at radius 2 is 1.85 bits per heavy atom. The molecule has 0 spiro atoms. The fourth-order valence-electron chi connectivity index (χ4n) is 7.53. The van der Waals surface area contributed by atoms with Gasteiger partial charge in [0.05, 0.1) is 11.5 Å². The molecule has 0 aromatic rings. The second kappa shape index (κ2) is 5.67. The van der Waals surface area contributed by atoms with E-state index in [4.69, 9.17) is 0 Å². The number of ketones is 1. The molecule has 26 heavy (non-hydrogen) atoms. The van der Waals surface area contributed by atoms with E-state index in [1.54, 1.807) is 0 Å². The Kier molecular flexibility index (Phi) is 3.97. The van der Waals surface area contributed by atoms with E-state index >= 15 is 0 Å². The van der Waals surface area contributed by atoms with Crippen LogP contribution in [0.15, 0.2) is 11.6 Å². The van der Waals surface area contributed by atoms with Crippen molar-refractivity contribution >= 4 is 11.8 Å². The van der Waals surface area contributed by atoms with Crippen molar-refractivity contribution in [2.75, 3.05) is 0 Å². The molecule has 3 saturated carbocycles. The molecule has 0 bridgehead atoms. The lowest BCUT2D eigenvalue weighted by molar-refractivity contribution is -0.194. The molecule has 4 nitrogen and oxygen atoms in total. The molecule has 3 fully saturated rings. The Morgan fingerprint density at radius 3 is 2.54 bits per heavy atom. The minimum atomic E-state index is -0.747. The van der Waals surface area contributed by atoms with Gasteiger partial charge >= 0.3 is 5.97 Å². The van der Waals surface area contributed by atoms with Crippen LogP contribution in [-0.2, 0) is 9.59 Å². The first-order valence-corrected chi connectivity index (χ1v) is 10.3. The smallest absolute Gasteiger partial charge is 0.306 e. The zero-order chi connectivity index (χ0) is 18.9. The Labute approximate surface area is 156 Å². The third kappa shape index (κ3) is 2.17. The number of aliphatic hydroxyl groups is 1. The average Bonchev–Trinajstić information content (AvgIpc) is 2.93. The highest BCUT2D eigenvalue weighted by Crippen LogP contribution is 2.68. The van der Waals surface area contributed by atoms with Gasteiger partial charge in [-0.05, 0) is 74.2 Å². The number of carboxylic acid groups (broad SMARTS) is 1. The van der Waals surface area contributed by atoms with Gasteiger partial charge in [-0.1, -0.05) is 26.3 Å². The van der Waals surface area contributed by atoms with Gasteiger partial charge in [0, 0.05) is 11.8 Å². The zero-order valence-corrected chi connectivity index (χ0v) is 16.3. The fraction of sp³-hybridized carbons (Fsp3) is 0.818. The van der Waals surface area contributed by atoms with Gasteiger partial charge in [-0.25, -0.2) is 0 Å². The molecule has 0 aromatic heterocycles. The summed E-state index contributed by atoms with van der Waals surface area (Å²) in [5.74, 6) is 0.0118. The lowest BCUT2D eigenvalue weighted by Gasteiger charge is -2.63. The van der Waals surface area contributed by atoms with Gasteiger partial charge in [-0.2, -0.15) is 0 Å². The molecule has 2 unspecified atom stereocenters. The van der Waals surface area contributed by atoms with E-state index in [2.05, 4.69) is 13.8 Å². The molecular formula is C22H32O4. The van der Waals surface area contributed by atoms with E-state index in [1.807, 2.05) is 13.0 Å². The normalized spacial score (nSPS) is 48.8. The van der Waals surface area contributed by atoms with E-state index in [0.29, 0.717) is 12.3 Å². The maximum Gasteiger partial charge on any atom is 0.306 e. The summed E-state index contributed by atoms with van der Waals surface area (Å²) in [5, 5.41) is 21.5. The van der Waals surface area contributed by atoms with Crippen molar-refractivity contribution in [1.29, 1.82) is 0 Å². The highest BCUT2D eigenvalue weighted by molar-refractivity contribution is 5.91. The van der Waals surface area contributed by atoms with Gasteiger partial charge in [0.1, 0.15) is 0 Å². The SMILES string of the molecule is C[C@H](C(=O)O)[C@H]1CCC2C3CCC4=CC(=O)CC[C@]4(C)[C@@]3(O)CC[C@@]21C. The second-order valence-corrected chi connectivity index (χ2v) is 9.96. The number of aliphatic carboxylic acids is 1. The molecule has 0 aromatic carbocycles. The number of carbonyl (C=O) groups is 2. The summed E-state index contributed by atoms with van der Waals surface area (Å²) in [6.07, 6.45) is 8.55. The number of carbonyl (C=O) groups excluding carboxylic acids is 1. The van der Waals surface area contributed by atoms with Gasteiger partial charge in [-0.15, -0.1) is 0 Å². The topological polar surface area (TPSA) is 74.6 Å². The Balaban J connectivity index is 1.70. The quantitative estimate of drug-likeness (QED) is 0.781. The monoisotopic (exact) mass is 360 g/mol. The van der Waals surface area contributed by atoms with E-state index < -0.39 is 11.6 Å². The number of rotatable bonds is 2. The van der Waals surface area contributed by atoms with Crippen LogP contribution in [0.5, 0.6) is 0 Å². The molecule has 4 aliphatic carbocycles. The molecule has 0 radical (unpaired) electrons. The van der Waals surface area contributed by atoms with Crippen LogP contribution in [0, 0.1) is 34.5 Å². The molecule has 0 amide bonds. The molecule has 0 saturated heterocycles. The van der Waals surface area contributed by atoms with Crippen LogP contribution in [0.4, 0.5) is 0 Å². The third-order valence-electron chi connectivity index (χ3n) is 9.22.